The highest BCUT2D eigenvalue weighted by Crippen LogP contribution is 2.38. The zero-order valence-corrected chi connectivity index (χ0v) is 27.9. The summed E-state index contributed by atoms with van der Waals surface area (Å²) < 4.78 is 8.48. The number of para-hydroxylation sites is 2. The van der Waals surface area contributed by atoms with Gasteiger partial charge in [0.2, 0.25) is 5.95 Å². The van der Waals surface area contributed by atoms with Crippen molar-refractivity contribution in [2.75, 3.05) is 0 Å². The number of hydrogen-bond acceptors (Lipinski definition) is 4. The molecule has 0 amide bonds. The molecule has 0 spiro atoms. The number of fused-ring (bicyclic) bond motifs is 9. The molecule has 0 bridgehead atoms. The molecule has 0 aliphatic rings. The van der Waals surface area contributed by atoms with Crippen LogP contribution in [0.25, 0.3) is 105 Å². The molecular formula is C47H28N4O. The van der Waals surface area contributed by atoms with Gasteiger partial charge < -0.3 is 4.42 Å². The van der Waals surface area contributed by atoms with Crippen LogP contribution in [0.4, 0.5) is 0 Å². The maximum absolute atomic E-state index is 6.30. The Morgan fingerprint density at radius 2 is 0.981 bits per heavy atom. The summed E-state index contributed by atoms with van der Waals surface area (Å²) >= 11 is 0. The highest BCUT2D eigenvalue weighted by molar-refractivity contribution is 6.21. The number of rotatable bonds is 4. The van der Waals surface area contributed by atoms with E-state index in [1.54, 1.807) is 0 Å². The van der Waals surface area contributed by atoms with Gasteiger partial charge in [-0.2, -0.15) is 9.97 Å². The topological polar surface area (TPSA) is 56.7 Å². The van der Waals surface area contributed by atoms with Gasteiger partial charge in [-0.1, -0.05) is 127 Å². The minimum Gasteiger partial charge on any atom is -0.456 e. The van der Waals surface area contributed by atoms with Crippen molar-refractivity contribution >= 4 is 65.3 Å². The van der Waals surface area contributed by atoms with Crippen LogP contribution in [0.5, 0.6) is 0 Å². The first kappa shape index (κ1) is 28.7. The van der Waals surface area contributed by atoms with Crippen LogP contribution >= 0.6 is 0 Å². The van der Waals surface area contributed by atoms with E-state index < -0.39 is 0 Å². The number of nitrogens with zero attached hydrogens (tertiary/aromatic N) is 4. The van der Waals surface area contributed by atoms with Crippen molar-refractivity contribution in [3.63, 3.8) is 0 Å². The van der Waals surface area contributed by atoms with Gasteiger partial charge in [0.15, 0.2) is 11.6 Å². The first-order valence-electron chi connectivity index (χ1n) is 17.4. The lowest BCUT2D eigenvalue weighted by Gasteiger charge is -2.12. The van der Waals surface area contributed by atoms with E-state index in [4.69, 9.17) is 19.4 Å². The van der Waals surface area contributed by atoms with Gasteiger partial charge in [0.05, 0.1) is 11.0 Å². The van der Waals surface area contributed by atoms with Gasteiger partial charge in [-0.3, -0.25) is 4.57 Å². The largest absolute Gasteiger partial charge is 0.456 e. The van der Waals surface area contributed by atoms with Crippen molar-refractivity contribution < 1.29 is 4.42 Å². The Balaban J connectivity index is 1.15. The van der Waals surface area contributed by atoms with E-state index in [1.807, 2.05) is 30.3 Å². The van der Waals surface area contributed by atoms with E-state index >= 15 is 0 Å². The molecule has 0 fully saturated rings. The SMILES string of the molecule is c1ccc(-c2ccc3cc(-c4nc(-c5ccc6c(c5)oc5ccccc56)nc(-n5c6ccccc6c6c7ccccc7ccc65)n4)ccc3c2)cc1. The molecule has 242 valence electrons. The number of hydrogen-bond donors (Lipinski definition) is 0. The van der Waals surface area contributed by atoms with Crippen LogP contribution in [0.1, 0.15) is 0 Å². The second-order valence-electron chi connectivity index (χ2n) is 13.3. The summed E-state index contributed by atoms with van der Waals surface area (Å²) in [6.45, 7) is 0. The Labute approximate surface area is 298 Å². The fraction of sp³-hybridized carbons (Fsp3) is 0. The molecule has 0 saturated carbocycles. The van der Waals surface area contributed by atoms with E-state index in [1.165, 1.54) is 27.3 Å². The van der Waals surface area contributed by atoms with Gasteiger partial charge in [-0.25, -0.2) is 4.98 Å². The maximum atomic E-state index is 6.30. The minimum atomic E-state index is 0.561. The molecule has 0 aliphatic heterocycles. The van der Waals surface area contributed by atoms with E-state index in [2.05, 4.69) is 144 Å². The maximum Gasteiger partial charge on any atom is 0.238 e. The summed E-state index contributed by atoms with van der Waals surface area (Å²) in [5.74, 6) is 1.74. The summed E-state index contributed by atoms with van der Waals surface area (Å²) in [6.07, 6.45) is 0. The molecule has 0 aliphatic carbocycles. The van der Waals surface area contributed by atoms with E-state index in [-0.39, 0.29) is 0 Å². The third-order valence-electron chi connectivity index (χ3n) is 10.2. The predicted molar refractivity (Wildman–Crippen MR) is 213 cm³/mol. The van der Waals surface area contributed by atoms with Crippen LogP contribution in [-0.2, 0) is 0 Å². The van der Waals surface area contributed by atoms with Crippen LogP contribution in [0.2, 0.25) is 0 Å². The molecule has 11 rings (SSSR count). The van der Waals surface area contributed by atoms with Crippen LogP contribution in [0.3, 0.4) is 0 Å². The molecule has 0 radical (unpaired) electrons. The van der Waals surface area contributed by atoms with Gasteiger partial charge >= 0.3 is 0 Å². The van der Waals surface area contributed by atoms with Gasteiger partial charge in [0.1, 0.15) is 11.2 Å². The van der Waals surface area contributed by atoms with Crippen molar-refractivity contribution in [1.82, 2.24) is 19.5 Å². The molecule has 0 unspecified atom stereocenters. The molecule has 3 aromatic heterocycles. The van der Waals surface area contributed by atoms with Crippen molar-refractivity contribution in [1.29, 1.82) is 0 Å². The summed E-state index contributed by atoms with van der Waals surface area (Å²) in [4.78, 5) is 15.6. The predicted octanol–water partition coefficient (Wildman–Crippen LogP) is 12.2. The van der Waals surface area contributed by atoms with Gasteiger partial charge in [-0.15, -0.1) is 0 Å². The van der Waals surface area contributed by atoms with Crippen molar-refractivity contribution in [3.05, 3.63) is 170 Å². The lowest BCUT2D eigenvalue weighted by atomic mass is 10.00. The Morgan fingerprint density at radius 1 is 0.365 bits per heavy atom. The molecule has 0 atom stereocenters. The minimum absolute atomic E-state index is 0.561. The molecule has 0 N–H and O–H groups in total. The molecule has 11 aromatic rings. The summed E-state index contributed by atoms with van der Waals surface area (Å²) in [7, 11) is 0. The average Bonchev–Trinajstić information content (AvgIpc) is 3.76. The summed E-state index contributed by atoms with van der Waals surface area (Å²) in [5, 5.41) is 9.15. The molecule has 52 heavy (non-hydrogen) atoms. The molecule has 5 heteroatoms. The number of aromatic nitrogens is 4. The monoisotopic (exact) mass is 664 g/mol. The van der Waals surface area contributed by atoms with E-state index in [0.29, 0.717) is 17.6 Å². The normalized spacial score (nSPS) is 11.8. The molecule has 8 aromatic carbocycles. The average molecular weight is 665 g/mol. The second-order valence-corrected chi connectivity index (χ2v) is 13.3. The van der Waals surface area contributed by atoms with E-state index in [0.717, 1.165) is 60.3 Å². The Hall–Kier alpha value is -7.11. The molecule has 5 nitrogen and oxygen atoms in total. The molecule has 0 saturated heterocycles. The lowest BCUT2D eigenvalue weighted by Crippen LogP contribution is -2.06. The fourth-order valence-corrected chi connectivity index (χ4v) is 7.74. The van der Waals surface area contributed by atoms with Gasteiger partial charge in [-0.05, 0) is 75.1 Å². The highest BCUT2D eigenvalue weighted by Gasteiger charge is 2.20. The zero-order valence-electron chi connectivity index (χ0n) is 27.9. The van der Waals surface area contributed by atoms with E-state index in [9.17, 15) is 0 Å². The zero-order chi connectivity index (χ0) is 34.2. The molecule has 3 heterocycles. The smallest absolute Gasteiger partial charge is 0.238 e. The second kappa shape index (κ2) is 11.2. The standard InChI is InChI=1S/C47H28N4O/c1-2-10-29(11-3-1)31-18-19-33-27-34(21-20-32(33)26-31)45-48-46(35-22-24-38-37-14-7-9-17-42(37)52-43(38)28-35)50-47(49-45)51-40-16-8-6-15-39(40)44-36-13-5-4-12-30(36)23-25-41(44)51/h1-28H. The Morgan fingerprint density at radius 3 is 1.83 bits per heavy atom. The van der Waals surface area contributed by atoms with Crippen molar-refractivity contribution in [3.8, 4) is 39.9 Å². The lowest BCUT2D eigenvalue weighted by molar-refractivity contribution is 0.669. The third-order valence-corrected chi connectivity index (χ3v) is 10.2. The number of furan rings is 1. The number of benzene rings is 8. The first-order valence-corrected chi connectivity index (χ1v) is 17.4. The molecular weight excluding hydrogens is 637 g/mol. The van der Waals surface area contributed by atoms with Gasteiger partial charge in [0.25, 0.3) is 0 Å². The quantitative estimate of drug-likeness (QED) is 0.188. The van der Waals surface area contributed by atoms with Crippen LogP contribution < -0.4 is 0 Å². The summed E-state index contributed by atoms with van der Waals surface area (Å²) in [6, 6.07) is 59.3. The van der Waals surface area contributed by atoms with Crippen molar-refractivity contribution in [2.24, 2.45) is 0 Å². The van der Waals surface area contributed by atoms with Gasteiger partial charge in [0, 0.05) is 32.7 Å². The van der Waals surface area contributed by atoms with Crippen LogP contribution in [0, 0.1) is 0 Å². The van der Waals surface area contributed by atoms with Crippen molar-refractivity contribution in [2.45, 2.75) is 0 Å². The Bertz CT molecular complexity index is 3190. The van der Waals surface area contributed by atoms with Crippen LogP contribution in [0.15, 0.2) is 174 Å². The highest BCUT2D eigenvalue weighted by atomic mass is 16.3. The van der Waals surface area contributed by atoms with Crippen LogP contribution in [-0.4, -0.2) is 19.5 Å². The third kappa shape index (κ3) is 4.46. The Kier molecular flexibility index (Phi) is 6.18. The summed E-state index contributed by atoms with van der Waals surface area (Å²) in [5.41, 5.74) is 7.89. The fourth-order valence-electron chi connectivity index (χ4n) is 7.74. The first-order chi connectivity index (χ1) is 25.7.